The summed E-state index contributed by atoms with van der Waals surface area (Å²) in [5.74, 6) is 0.366. The van der Waals surface area contributed by atoms with Crippen LogP contribution in [0, 0.1) is 0 Å². The maximum atomic E-state index is 10.4. The Morgan fingerprint density at radius 2 is 2.11 bits per heavy atom. The van der Waals surface area contributed by atoms with Crippen molar-refractivity contribution in [1.82, 2.24) is 0 Å². The van der Waals surface area contributed by atoms with Crippen LogP contribution in [0.5, 0.6) is 0 Å². The first kappa shape index (κ1) is 9.40. The third kappa shape index (κ3) is 4.88. The molecule has 0 aliphatic carbocycles. The second kappa shape index (κ2) is 3.54. The Morgan fingerprint density at radius 1 is 1.67 bits per heavy atom. The van der Waals surface area contributed by atoms with E-state index in [-0.39, 0.29) is 5.60 Å². The van der Waals surface area contributed by atoms with E-state index in [4.69, 9.17) is 15.4 Å². The molecule has 1 unspecified atom stereocenters. The van der Waals surface area contributed by atoms with Crippen LogP contribution in [-0.2, 0) is 14.7 Å². The zero-order chi connectivity index (χ0) is 7.49. The molecule has 0 aromatic heterocycles. The van der Waals surface area contributed by atoms with Gasteiger partial charge in [-0.1, -0.05) is 0 Å². The number of hydrogen-bond donors (Lipinski definition) is 0. The maximum absolute atomic E-state index is 10.4. The molecule has 0 aromatic rings. The molecule has 0 N–H and O–H groups in total. The molecule has 0 saturated heterocycles. The lowest BCUT2D eigenvalue weighted by molar-refractivity contribution is 0.0435. The fourth-order valence-corrected chi connectivity index (χ4v) is 1.78. The third-order valence-electron chi connectivity index (χ3n) is 1.01. The van der Waals surface area contributed by atoms with Crippen molar-refractivity contribution in [3.05, 3.63) is 0 Å². The summed E-state index contributed by atoms with van der Waals surface area (Å²) in [4.78, 5) is 0. The lowest BCUT2D eigenvalue weighted by Crippen LogP contribution is -2.28. The minimum absolute atomic E-state index is 0.366. The largest absolute Gasteiger partial charge is 0.378 e. The summed E-state index contributed by atoms with van der Waals surface area (Å²) in [7, 11) is 5.52. The first-order valence-corrected chi connectivity index (χ1v) is 4.72. The first-order chi connectivity index (χ1) is 3.98. The van der Waals surface area contributed by atoms with Crippen LogP contribution >= 0.6 is 10.7 Å². The highest BCUT2D eigenvalue weighted by Crippen LogP contribution is 2.10. The van der Waals surface area contributed by atoms with E-state index in [1.165, 1.54) is 0 Å². The summed E-state index contributed by atoms with van der Waals surface area (Å²) in [6, 6.07) is 0. The molecule has 4 heteroatoms. The molecule has 0 bridgehead atoms. The average Bonchev–Trinajstić information content (AvgIpc) is 1.63. The van der Waals surface area contributed by atoms with Gasteiger partial charge in [0.15, 0.2) is 0 Å². The highest BCUT2D eigenvalue weighted by Gasteiger charge is 2.18. The Balaban J connectivity index is 3.71. The number of rotatable bonds is 3. The van der Waals surface area contributed by atoms with Gasteiger partial charge in [0.25, 0.3) is 0 Å². The van der Waals surface area contributed by atoms with E-state index in [1.807, 2.05) is 13.8 Å². The van der Waals surface area contributed by atoms with Crippen LogP contribution in [0.2, 0.25) is 0 Å². The van der Waals surface area contributed by atoms with Crippen LogP contribution in [0.4, 0.5) is 0 Å². The molecule has 56 valence electrons. The van der Waals surface area contributed by atoms with E-state index >= 15 is 0 Å². The smallest absolute Gasteiger partial charge is 0.117 e. The van der Waals surface area contributed by atoms with Gasteiger partial charge in [-0.2, -0.15) is 0 Å². The molecule has 0 aliphatic rings. The molecule has 0 aliphatic heterocycles. The van der Waals surface area contributed by atoms with Gasteiger partial charge < -0.3 is 4.74 Å². The van der Waals surface area contributed by atoms with E-state index in [2.05, 4.69) is 0 Å². The quantitative estimate of drug-likeness (QED) is 0.598. The average molecular weight is 171 g/mol. The fourth-order valence-electron chi connectivity index (χ4n) is 0.332. The molecule has 0 saturated carbocycles. The SMILES string of the molecule is COC(C)(C)CS(=O)Cl. The summed E-state index contributed by atoms with van der Waals surface area (Å²) in [5.41, 5.74) is -0.368. The summed E-state index contributed by atoms with van der Waals surface area (Å²) in [6.45, 7) is 3.68. The van der Waals surface area contributed by atoms with Gasteiger partial charge in [0.1, 0.15) is 10.0 Å². The van der Waals surface area contributed by atoms with E-state index < -0.39 is 10.0 Å². The van der Waals surface area contributed by atoms with Gasteiger partial charge in [-0.3, -0.25) is 0 Å². The van der Waals surface area contributed by atoms with Crippen LogP contribution in [-0.4, -0.2) is 22.7 Å². The monoisotopic (exact) mass is 170 g/mol. The van der Waals surface area contributed by atoms with E-state index in [9.17, 15) is 4.21 Å². The first-order valence-electron chi connectivity index (χ1n) is 2.58. The third-order valence-corrected chi connectivity index (χ3v) is 2.26. The molecule has 0 radical (unpaired) electrons. The zero-order valence-corrected chi connectivity index (χ0v) is 7.38. The Bertz CT molecular complexity index is 114. The minimum Gasteiger partial charge on any atom is -0.378 e. The molecule has 0 rings (SSSR count). The summed E-state index contributed by atoms with van der Waals surface area (Å²) in [6.07, 6.45) is 0. The second-order valence-electron chi connectivity index (χ2n) is 2.40. The van der Waals surface area contributed by atoms with Crippen molar-refractivity contribution in [3.8, 4) is 0 Å². The number of halogens is 1. The number of hydrogen-bond acceptors (Lipinski definition) is 2. The highest BCUT2D eigenvalue weighted by atomic mass is 35.7. The Labute approximate surface area is 62.5 Å². The van der Waals surface area contributed by atoms with Crippen molar-refractivity contribution >= 4 is 20.7 Å². The van der Waals surface area contributed by atoms with E-state index in [0.29, 0.717) is 5.75 Å². The molecule has 2 nitrogen and oxygen atoms in total. The molecular formula is C5H11ClO2S. The lowest BCUT2D eigenvalue weighted by atomic mass is 10.2. The van der Waals surface area contributed by atoms with Crippen molar-refractivity contribution in [2.45, 2.75) is 19.4 Å². The van der Waals surface area contributed by atoms with Crippen molar-refractivity contribution in [2.24, 2.45) is 0 Å². The molecule has 9 heavy (non-hydrogen) atoms. The molecule has 1 atom stereocenters. The van der Waals surface area contributed by atoms with Crippen LogP contribution in [0.3, 0.4) is 0 Å². The second-order valence-corrected chi connectivity index (χ2v) is 4.30. The topological polar surface area (TPSA) is 26.3 Å². The lowest BCUT2D eigenvalue weighted by Gasteiger charge is -2.19. The Morgan fingerprint density at radius 3 is 2.22 bits per heavy atom. The predicted molar refractivity (Wildman–Crippen MR) is 40.0 cm³/mol. The van der Waals surface area contributed by atoms with Gasteiger partial charge in [-0.25, -0.2) is 4.21 Å². The molecule has 0 aromatic carbocycles. The molecule has 0 fully saturated rings. The van der Waals surface area contributed by atoms with E-state index in [1.54, 1.807) is 7.11 Å². The van der Waals surface area contributed by atoms with Gasteiger partial charge in [0.2, 0.25) is 0 Å². The maximum Gasteiger partial charge on any atom is 0.117 e. The summed E-state index contributed by atoms with van der Waals surface area (Å²) in [5, 5.41) is 0. The molecular weight excluding hydrogens is 160 g/mol. The van der Waals surface area contributed by atoms with Crippen LogP contribution in [0.15, 0.2) is 0 Å². The molecule has 0 spiro atoms. The standard InChI is InChI=1S/C5H11ClO2S/c1-5(2,8-3)4-9(6)7/h4H2,1-3H3. The van der Waals surface area contributed by atoms with Crippen molar-refractivity contribution in [2.75, 3.05) is 12.9 Å². The highest BCUT2D eigenvalue weighted by molar-refractivity contribution is 8.08. The summed E-state index contributed by atoms with van der Waals surface area (Å²) < 4.78 is 15.4. The number of methoxy groups -OCH3 is 1. The fraction of sp³-hybridized carbons (Fsp3) is 1.00. The van der Waals surface area contributed by atoms with Crippen LogP contribution in [0.1, 0.15) is 13.8 Å². The van der Waals surface area contributed by atoms with Crippen LogP contribution < -0.4 is 0 Å². The van der Waals surface area contributed by atoms with Crippen molar-refractivity contribution < 1.29 is 8.95 Å². The van der Waals surface area contributed by atoms with Gasteiger partial charge in [-0.15, -0.1) is 0 Å². The van der Waals surface area contributed by atoms with Gasteiger partial charge >= 0.3 is 0 Å². The van der Waals surface area contributed by atoms with Crippen LogP contribution in [0.25, 0.3) is 0 Å². The van der Waals surface area contributed by atoms with Gasteiger partial charge in [-0.05, 0) is 24.5 Å². The predicted octanol–water partition coefficient (Wildman–Crippen LogP) is 1.31. The minimum atomic E-state index is -1.29. The van der Waals surface area contributed by atoms with Crippen molar-refractivity contribution in [1.29, 1.82) is 0 Å². The molecule has 0 heterocycles. The Hall–Kier alpha value is 0.400. The van der Waals surface area contributed by atoms with Crippen molar-refractivity contribution in [3.63, 3.8) is 0 Å². The normalized spacial score (nSPS) is 15.6. The number of ether oxygens (including phenoxy) is 1. The van der Waals surface area contributed by atoms with Gasteiger partial charge in [0.05, 0.1) is 11.4 Å². The zero-order valence-electron chi connectivity index (χ0n) is 5.81. The van der Waals surface area contributed by atoms with Gasteiger partial charge in [0, 0.05) is 7.11 Å². The van der Waals surface area contributed by atoms with E-state index in [0.717, 1.165) is 0 Å². The Kier molecular flexibility index (Phi) is 3.70. The summed E-state index contributed by atoms with van der Waals surface area (Å²) >= 11 is 0. The molecule has 0 amide bonds.